The van der Waals surface area contributed by atoms with E-state index in [0.29, 0.717) is 19.8 Å². The number of carbonyl (C=O) groups is 1. The van der Waals surface area contributed by atoms with Crippen LogP contribution in [0.1, 0.15) is 13.8 Å². The first-order valence-corrected chi connectivity index (χ1v) is 5.28. The molecule has 1 unspecified atom stereocenters. The lowest BCUT2D eigenvalue weighted by Gasteiger charge is -2.30. The molecule has 0 spiro atoms. The fourth-order valence-corrected chi connectivity index (χ4v) is 1.47. The maximum Gasteiger partial charge on any atom is 0.334 e. The van der Waals surface area contributed by atoms with E-state index in [1.165, 1.54) is 0 Å². The molecule has 5 nitrogen and oxygen atoms in total. The molecule has 0 saturated carbocycles. The van der Waals surface area contributed by atoms with E-state index < -0.39 is 12.1 Å². The molecule has 1 N–H and O–H groups in total. The molecule has 0 aliphatic carbocycles. The standard InChI is InChI=1S/C10H19NO4/c1-8(2)14-5-3-11-4-6-15-9(7-11)10(12)13/h8-9H,3-7H2,1-2H3,(H,12,13). The largest absolute Gasteiger partial charge is 0.479 e. The summed E-state index contributed by atoms with van der Waals surface area (Å²) in [4.78, 5) is 12.8. The zero-order valence-corrected chi connectivity index (χ0v) is 9.31. The minimum atomic E-state index is -0.885. The summed E-state index contributed by atoms with van der Waals surface area (Å²) in [6.45, 7) is 7.11. The van der Waals surface area contributed by atoms with Gasteiger partial charge in [-0.1, -0.05) is 0 Å². The van der Waals surface area contributed by atoms with Gasteiger partial charge < -0.3 is 14.6 Å². The van der Waals surface area contributed by atoms with Crippen LogP contribution in [0.25, 0.3) is 0 Å². The predicted molar refractivity (Wildman–Crippen MR) is 54.9 cm³/mol. The van der Waals surface area contributed by atoms with Gasteiger partial charge in [0, 0.05) is 19.6 Å². The highest BCUT2D eigenvalue weighted by atomic mass is 16.5. The van der Waals surface area contributed by atoms with Crippen LogP contribution in [0, 0.1) is 0 Å². The van der Waals surface area contributed by atoms with Crippen molar-refractivity contribution < 1.29 is 19.4 Å². The second kappa shape index (κ2) is 6.05. The molecule has 0 aromatic heterocycles. The average molecular weight is 217 g/mol. The van der Waals surface area contributed by atoms with Gasteiger partial charge in [0.2, 0.25) is 0 Å². The Hall–Kier alpha value is -0.650. The molecule has 15 heavy (non-hydrogen) atoms. The Balaban J connectivity index is 2.21. The first-order valence-electron chi connectivity index (χ1n) is 5.28. The molecule has 0 aromatic carbocycles. The van der Waals surface area contributed by atoms with Gasteiger partial charge in [-0.15, -0.1) is 0 Å². The highest BCUT2D eigenvalue weighted by Crippen LogP contribution is 2.05. The molecule has 5 heteroatoms. The first-order chi connectivity index (χ1) is 7.09. The predicted octanol–water partition coefficient (Wildman–Crippen LogP) is 0.197. The number of hydrogen-bond donors (Lipinski definition) is 1. The molecule has 88 valence electrons. The van der Waals surface area contributed by atoms with Gasteiger partial charge in [-0.25, -0.2) is 4.79 Å². The fourth-order valence-electron chi connectivity index (χ4n) is 1.47. The number of morpholine rings is 1. The molecule has 0 aromatic rings. The number of carboxylic acids is 1. The average Bonchev–Trinajstić information content (AvgIpc) is 2.17. The molecular weight excluding hydrogens is 198 g/mol. The Morgan fingerprint density at radius 3 is 3.00 bits per heavy atom. The van der Waals surface area contributed by atoms with E-state index in [2.05, 4.69) is 4.90 Å². The molecule has 0 radical (unpaired) electrons. The number of aliphatic carboxylic acids is 1. The van der Waals surface area contributed by atoms with Crippen molar-refractivity contribution in [2.45, 2.75) is 26.1 Å². The monoisotopic (exact) mass is 217 g/mol. The summed E-state index contributed by atoms with van der Waals surface area (Å²) in [5.41, 5.74) is 0. The summed E-state index contributed by atoms with van der Waals surface area (Å²) in [6, 6.07) is 0. The Morgan fingerprint density at radius 2 is 2.40 bits per heavy atom. The van der Waals surface area contributed by atoms with E-state index in [9.17, 15) is 4.79 Å². The third-order valence-corrected chi connectivity index (χ3v) is 2.28. The van der Waals surface area contributed by atoms with Crippen molar-refractivity contribution in [3.63, 3.8) is 0 Å². The zero-order chi connectivity index (χ0) is 11.3. The summed E-state index contributed by atoms with van der Waals surface area (Å²) in [7, 11) is 0. The molecule has 1 atom stereocenters. The van der Waals surface area contributed by atoms with Crippen molar-refractivity contribution in [3.8, 4) is 0 Å². The number of rotatable bonds is 5. The molecular formula is C10H19NO4. The van der Waals surface area contributed by atoms with Gasteiger partial charge in [0.1, 0.15) is 0 Å². The van der Waals surface area contributed by atoms with Crippen LogP contribution < -0.4 is 0 Å². The summed E-state index contributed by atoms with van der Waals surface area (Å²) in [5, 5.41) is 8.79. The lowest BCUT2D eigenvalue weighted by atomic mass is 10.3. The summed E-state index contributed by atoms with van der Waals surface area (Å²) in [5.74, 6) is -0.885. The lowest BCUT2D eigenvalue weighted by Crippen LogP contribution is -2.47. The maximum atomic E-state index is 10.7. The summed E-state index contributed by atoms with van der Waals surface area (Å²) >= 11 is 0. The van der Waals surface area contributed by atoms with Crippen LogP contribution in [-0.2, 0) is 14.3 Å². The van der Waals surface area contributed by atoms with Crippen molar-refractivity contribution in [2.24, 2.45) is 0 Å². The molecule has 1 heterocycles. The number of ether oxygens (including phenoxy) is 2. The third-order valence-electron chi connectivity index (χ3n) is 2.28. The zero-order valence-electron chi connectivity index (χ0n) is 9.31. The van der Waals surface area contributed by atoms with Crippen LogP contribution in [-0.4, -0.2) is 61.0 Å². The Morgan fingerprint density at radius 1 is 1.67 bits per heavy atom. The van der Waals surface area contributed by atoms with Crippen molar-refractivity contribution in [1.82, 2.24) is 4.90 Å². The lowest BCUT2D eigenvalue weighted by molar-refractivity contribution is -0.156. The van der Waals surface area contributed by atoms with Gasteiger partial charge in [0.05, 0.1) is 19.3 Å². The molecule has 0 amide bonds. The maximum absolute atomic E-state index is 10.7. The van der Waals surface area contributed by atoms with Crippen LogP contribution in [0.15, 0.2) is 0 Å². The first kappa shape index (κ1) is 12.4. The SMILES string of the molecule is CC(C)OCCN1CCOC(C(=O)O)C1. The Bertz CT molecular complexity index is 208. The molecule has 1 fully saturated rings. The van der Waals surface area contributed by atoms with Gasteiger partial charge >= 0.3 is 5.97 Å². The van der Waals surface area contributed by atoms with Gasteiger partial charge in [0.15, 0.2) is 6.10 Å². The number of carboxylic acid groups (broad SMARTS) is 1. The molecule has 1 saturated heterocycles. The number of nitrogens with zero attached hydrogens (tertiary/aromatic N) is 1. The normalized spacial score (nSPS) is 23.3. The van der Waals surface area contributed by atoms with Crippen LogP contribution in [0.2, 0.25) is 0 Å². The van der Waals surface area contributed by atoms with Gasteiger partial charge in [-0.2, -0.15) is 0 Å². The van der Waals surface area contributed by atoms with Crippen LogP contribution in [0.4, 0.5) is 0 Å². The van der Waals surface area contributed by atoms with Gasteiger partial charge in [-0.05, 0) is 13.8 Å². The second-order valence-corrected chi connectivity index (χ2v) is 3.92. The number of hydrogen-bond acceptors (Lipinski definition) is 4. The minimum Gasteiger partial charge on any atom is -0.479 e. The third kappa shape index (κ3) is 4.59. The minimum absolute atomic E-state index is 0.223. The van der Waals surface area contributed by atoms with Crippen LogP contribution >= 0.6 is 0 Å². The van der Waals surface area contributed by atoms with Crippen molar-refractivity contribution >= 4 is 5.97 Å². The Labute approximate surface area is 90.0 Å². The van der Waals surface area contributed by atoms with Gasteiger partial charge in [-0.3, -0.25) is 4.90 Å². The van der Waals surface area contributed by atoms with E-state index in [1.54, 1.807) is 0 Å². The van der Waals surface area contributed by atoms with E-state index in [0.717, 1.165) is 13.1 Å². The fraction of sp³-hybridized carbons (Fsp3) is 0.900. The van der Waals surface area contributed by atoms with E-state index in [1.807, 2.05) is 13.8 Å². The smallest absolute Gasteiger partial charge is 0.334 e. The topological polar surface area (TPSA) is 59.0 Å². The van der Waals surface area contributed by atoms with Crippen molar-refractivity contribution in [1.29, 1.82) is 0 Å². The highest BCUT2D eigenvalue weighted by Gasteiger charge is 2.25. The molecule has 0 bridgehead atoms. The van der Waals surface area contributed by atoms with Crippen LogP contribution in [0.3, 0.4) is 0 Å². The quantitative estimate of drug-likeness (QED) is 0.712. The van der Waals surface area contributed by atoms with E-state index >= 15 is 0 Å². The molecule has 1 aliphatic rings. The highest BCUT2D eigenvalue weighted by molar-refractivity contribution is 5.72. The summed E-state index contributed by atoms with van der Waals surface area (Å²) in [6.07, 6.45) is -0.459. The van der Waals surface area contributed by atoms with E-state index in [4.69, 9.17) is 14.6 Å². The van der Waals surface area contributed by atoms with Gasteiger partial charge in [0.25, 0.3) is 0 Å². The Kier molecular flexibility index (Phi) is 5.01. The second-order valence-electron chi connectivity index (χ2n) is 3.92. The van der Waals surface area contributed by atoms with Crippen molar-refractivity contribution in [2.75, 3.05) is 32.8 Å². The summed E-state index contributed by atoms with van der Waals surface area (Å²) < 4.78 is 10.5. The van der Waals surface area contributed by atoms with Crippen molar-refractivity contribution in [3.05, 3.63) is 0 Å². The molecule has 1 rings (SSSR count). The van der Waals surface area contributed by atoms with E-state index in [-0.39, 0.29) is 6.10 Å². The van der Waals surface area contributed by atoms with Crippen LogP contribution in [0.5, 0.6) is 0 Å². The molecule has 1 aliphatic heterocycles.